The summed E-state index contributed by atoms with van der Waals surface area (Å²) in [6.07, 6.45) is 4.09. The first-order chi connectivity index (χ1) is 8.79. The fraction of sp³-hybridized carbons (Fsp3) is 0.467. The summed E-state index contributed by atoms with van der Waals surface area (Å²) in [5, 5.41) is 9.69. The Labute approximate surface area is 108 Å². The first-order valence-corrected chi connectivity index (χ1v) is 6.42. The molecular formula is C15H20O3. The molecule has 1 heterocycles. The third-order valence-electron chi connectivity index (χ3n) is 3.09. The van der Waals surface area contributed by atoms with Gasteiger partial charge in [0.1, 0.15) is 0 Å². The molecule has 0 amide bonds. The number of ether oxygens (including phenoxy) is 2. The second-order valence-electron chi connectivity index (χ2n) is 4.53. The van der Waals surface area contributed by atoms with Crippen LogP contribution in [0.1, 0.15) is 36.5 Å². The maximum absolute atomic E-state index is 9.69. The van der Waals surface area contributed by atoms with Gasteiger partial charge in [0.2, 0.25) is 0 Å². The minimum Gasteiger partial charge on any atom is -0.384 e. The van der Waals surface area contributed by atoms with Crippen LogP contribution in [0.3, 0.4) is 0 Å². The van der Waals surface area contributed by atoms with Gasteiger partial charge < -0.3 is 14.6 Å². The number of benzene rings is 1. The van der Waals surface area contributed by atoms with E-state index in [4.69, 9.17) is 9.47 Å². The number of hydrogen-bond acceptors (Lipinski definition) is 3. The molecule has 0 radical (unpaired) electrons. The number of aliphatic hydroxyl groups excluding tert-OH is 1. The van der Waals surface area contributed by atoms with Gasteiger partial charge in [0.05, 0.1) is 12.7 Å². The van der Waals surface area contributed by atoms with E-state index in [1.165, 1.54) is 12.5 Å². The molecule has 0 aromatic heterocycles. The smallest absolute Gasteiger partial charge is 0.158 e. The van der Waals surface area contributed by atoms with Crippen molar-refractivity contribution in [3.05, 3.63) is 48.0 Å². The van der Waals surface area contributed by atoms with E-state index < -0.39 is 6.10 Å². The lowest BCUT2D eigenvalue weighted by Gasteiger charge is -2.22. The van der Waals surface area contributed by atoms with Gasteiger partial charge in [-0.05, 0) is 30.4 Å². The fourth-order valence-corrected chi connectivity index (χ4v) is 2.03. The standard InChI is InChI=1S/C15H20O3/c1-2-14(16)13-7-5-6-12(10-13)11-18-15-8-3-4-9-17-15/h2,5-7,10,14-16H,1,3-4,8-9,11H2. The van der Waals surface area contributed by atoms with Crippen LogP contribution in [0, 0.1) is 0 Å². The maximum Gasteiger partial charge on any atom is 0.158 e. The Morgan fingerprint density at radius 2 is 2.39 bits per heavy atom. The predicted molar refractivity (Wildman–Crippen MR) is 70.0 cm³/mol. The Balaban J connectivity index is 1.90. The molecule has 0 spiro atoms. The van der Waals surface area contributed by atoms with Crippen molar-refractivity contribution in [1.29, 1.82) is 0 Å². The second-order valence-corrected chi connectivity index (χ2v) is 4.53. The Kier molecular flexibility index (Phi) is 4.93. The van der Waals surface area contributed by atoms with Crippen molar-refractivity contribution in [1.82, 2.24) is 0 Å². The molecule has 1 aliphatic rings. The predicted octanol–water partition coefficient (Wildman–Crippen LogP) is 2.95. The van der Waals surface area contributed by atoms with Gasteiger partial charge in [0.25, 0.3) is 0 Å². The SMILES string of the molecule is C=CC(O)c1cccc(COC2CCCCO2)c1. The van der Waals surface area contributed by atoms with E-state index >= 15 is 0 Å². The molecule has 98 valence electrons. The molecule has 3 heteroatoms. The van der Waals surface area contributed by atoms with Crippen molar-refractivity contribution in [3.8, 4) is 0 Å². The summed E-state index contributed by atoms with van der Waals surface area (Å²) in [6, 6.07) is 7.73. The summed E-state index contributed by atoms with van der Waals surface area (Å²) in [4.78, 5) is 0. The average Bonchev–Trinajstić information content (AvgIpc) is 2.45. The van der Waals surface area contributed by atoms with Crippen molar-refractivity contribution in [2.24, 2.45) is 0 Å². The normalized spacial score (nSPS) is 21.5. The molecule has 1 aliphatic heterocycles. The van der Waals surface area contributed by atoms with Crippen LogP contribution in [0.15, 0.2) is 36.9 Å². The zero-order valence-electron chi connectivity index (χ0n) is 10.5. The van der Waals surface area contributed by atoms with E-state index in [-0.39, 0.29) is 6.29 Å². The highest BCUT2D eigenvalue weighted by atomic mass is 16.7. The van der Waals surface area contributed by atoms with Crippen LogP contribution >= 0.6 is 0 Å². The molecule has 1 aromatic carbocycles. The zero-order chi connectivity index (χ0) is 12.8. The third-order valence-corrected chi connectivity index (χ3v) is 3.09. The van der Waals surface area contributed by atoms with Crippen LogP contribution in [-0.2, 0) is 16.1 Å². The van der Waals surface area contributed by atoms with E-state index in [1.807, 2.05) is 24.3 Å². The largest absolute Gasteiger partial charge is 0.384 e. The average molecular weight is 248 g/mol. The molecule has 3 nitrogen and oxygen atoms in total. The summed E-state index contributed by atoms with van der Waals surface area (Å²) in [7, 11) is 0. The minimum atomic E-state index is -0.615. The van der Waals surface area contributed by atoms with E-state index in [9.17, 15) is 5.11 Å². The molecule has 18 heavy (non-hydrogen) atoms. The molecular weight excluding hydrogens is 228 g/mol. The van der Waals surface area contributed by atoms with Crippen LogP contribution in [0.2, 0.25) is 0 Å². The topological polar surface area (TPSA) is 38.7 Å². The molecule has 0 saturated carbocycles. The first-order valence-electron chi connectivity index (χ1n) is 6.42. The van der Waals surface area contributed by atoms with Crippen LogP contribution in [-0.4, -0.2) is 18.0 Å². The highest BCUT2D eigenvalue weighted by Crippen LogP contribution is 2.18. The van der Waals surface area contributed by atoms with Gasteiger partial charge in [0.15, 0.2) is 6.29 Å². The van der Waals surface area contributed by atoms with Crippen molar-refractivity contribution < 1.29 is 14.6 Å². The summed E-state index contributed by atoms with van der Waals surface area (Å²) in [5.41, 5.74) is 1.89. The molecule has 2 unspecified atom stereocenters. The molecule has 2 rings (SSSR count). The monoisotopic (exact) mass is 248 g/mol. The third kappa shape index (κ3) is 3.67. The van der Waals surface area contributed by atoms with Gasteiger partial charge in [-0.15, -0.1) is 6.58 Å². The Hall–Kier alpha value is -1.16. The van der Waals surface area contributed by atoms with Crippen LogP contribution < -0.4 is 0 Å². The van der Waals surface area contributed by atoms with Gasteiger partial charge in [-0.1, -0.05) is 30.3 Å². The molecule has 1 aromatic rings. The molecule has 2 atom stereocenters. The second kappa shape index (κ2) is 6.69. The van der Waals surface area contributed by atoms with Crippen molar-refractivity contribution in [2.75, 3.05) is 6.61 Å². The highest BCUT2D eigenvalue weighted by Gasteiger charge is 2.14. The minimum absolute atomic E-state index is 0.0771. The zero-order valence-corrected chi connectivity index (χ0v) is 10.5. The van der Waals surface area contributed by atoms with Crippen molar-refractivity contribution >= 4 is 0 Å². The van der Waals surface area contributed by atoms with E-state index in [0.29, 0.717) is 6.61 Å². The lowest BCUT2D eigenvalue weighted by Crippen LogP contribution is -2.22. The maximum atomic E-state index is 9.69. The molecule has 0 aliphatic carbocycles. The lowest BCUT2D eigenvalue weighted by molar-refractivity contribution is -0.168. The van der Waals surface area contributed by atoms with Gasteiger partial charge in [-0.3, -0.25) is 0 Å². The quantitative estimate of drug-likeness (QED) is 0.814. The molecule has 1 saturated heterocycles. The number of hydrogen-bond donors (Lipinski definition) is 1. The van der Waals surface area contributed by atoms with Crippen molar-refractivity contribution in [3.63, 3.8) is 0 Å². The van der Waals surface area contributed by atoms with Gasteiger partial charge in [0, 0.05) is 6.61 Å². The summed E-state index contributed by atoms with van der Waals surface area (Å²) < 4.78 is 11.2. The summed E-state index contributed by atoms with van der Waals surface area (Å²) >= 11 is 0. The lowest BCUT2D eigenvalue weighted by atomic mass is 10.1. The molecule has 1 fully saturated rings. The molecule has 0 bridgehead atoms. The van der Waals surface area contributed by atoms with Crippen LogP contribution in [0.4, 0.5) is 0 Å². The van der Waals surface area contributed by atoms with Crippen LogP contribution in [0.25, 0.3) is 0 Å². The van der Waals surface area contributed by atoms with E-state index in [0.717, 1.165) is 30.6 Å². The Bertz CT molecular complexity index is 383. The van der Waals surface area contributed by atoms with Crippen LogP contribution in [0.5, 0.6) is 0 Å². The summed E-state index contributed by atoms with van der Waals surface area (Å²) in [6.45, 7) is 4.89. The van der Waals surface area contributed by atoms with E-state index in [2.05, 4.69) is 6.58 Å². The van der Waals surface area contributed by atoms with Gasteiger partial charge >= 0.3 is 0 Å². The first kappa shape index (κ1) is 13.3. The molecule has 1 N–H and O–H groups in total. The highest BCUT2D eigenvalue weighted by molar-refractivity contribution is 5.26. The number of aliphatic hydroxyl groups is 1. The summed E-state index contributed by atoms with van der Waals surface area (Å²) in [5.74, 6) is 0. The Morgan fingerprint density at radius 3 is 3.11 bits per heavy atom. The van der Waals surface area contributed by atoms with E-state index in [1.54, 1.807) is 0 Å². The Morgan fingerprint density at radius 1 is 1.50 bits per heavy atom. The number of rotatable bonds is 5. The van der Waals surface area contributed by atoms with Gasteiger partial charge in [-0.2, -0.15) is 0 Å². The van der Waals surface area contributed by atoms with Gasteiger partial charge in [-0.25, -0.2) is 0 Å². The fourth-order valence-electron chi connectivity index (χ4n) is 2.03. The van der Waals surface area contributed by atoms with Crippen molar-refractivity contribution in [2.45, 2.75) is 38.3 Å².